The number of nitrogens with zero attached hydrogens (tertiary/aromatic N) is 2. The van der Waals surface area contributed by atoms with E-state index in [1.54, 1.807) is 6.92 Å². The SMILES string of the molecule is CC(=O)N[C@H]1C[C@H]2CC[C@@H](C1)N2Cc1ccc(Cc2nc3ccccc3o2)cc1. The van der Waals surface area contributed by atoms with E-state index in [1.165, 1.54) is 24.0 Å². The zero-order valence-electron chi connectivity index (χ0n) is 16.8. The third-order valence-electron chi connectivity index (χ3n) is 6.37. The zero-order chi connectivity index (χ0) is 19.8. The first-order chi connectivity index (χ1) is 14.1. The zero-order valence-corrected chi connectivity index (χ0v) is 16.8. The Bertz CT molecular complexity index is 963. The first-order valence-corrected chi connectivity index (χ1v) is 10.6. The Balaban J connectivity index is 1.22. The van der Waals surface area contributed by atoms with Gasteiger partial charge in [-0.2, -0.15) is 0 Å². The van der Waals surface area contributed by atoms with Crippen LogP contribution >= 0.6 is 0 Å². The predicted octanol–water partition coefficient (Wildman–Crippen LogP) is 4.05. The summed E-state index contributed by atoms with van der Waals surface area (Å²) < 4.78 is 5.85. The van der Waals surface area contributed by atoms with E-state index in [0.717, 1.165) is 36.4 Å². The minimum absolute atomic E-state index is 0.0948. The molecule has 5 nitrogen and oxygen atoms in total. The minimum Gasteiger partial charge on any atom is -0.440 e. The second-order valence-corrected chi connectivity index (χ2v) is 8.49. The molecule has 5 heteroatoms. The first-order valence-electron chi connectivity index (χ1n) is 10.6. The van der Waals surface area contributed by atoms with Crippen molar-refractivity contribution in [2.24, 2.45) is 0 Å². The van der Waals surface area contributed by atoms with E-state index in [0.29, 0.717) is 24.5 Å². The van der Waals surface area contributed by atoms with Crippen LogP contribution in [0.25, 0.3) is 11.1 Å². The summed E-state index contributed by atoms with van der Waals surface area (Å²) in [7, 11) is 0. The van der Waals surface area contributed by atoms with Crippen molar-refractivity contribution >= 4 is 17.0 Å². The molecule has 5 rings (SSSR count). The van der Waals surface area contributed by atoms with Crippen LogP contribution in [0, 0.1) is 0 Å². The van der Waals surface area contributed by atoms with E-state index >= 15 is 0 Å². The summed E-state index contributed by atoms with van der Waals surface area (Å²) in [5.41, 5.74) is 4.32. The number of carbonyl (C=O) groups excluding carboxylic acids is 1. The summed E-state index contributed by atoms with van der Waals surface area (Å²) in [6, 6.07) is 18.3. The van der Waals surface area contributed by atoms with Crippen molar-refractivity contribution in [1.82, 2.24) is 15.2 Å². The first kappa shape index (κ1) is 18.4. The van der Waals surface area contributed by atoms with Gasteiger partial charge in [0, 0.05) is 38.0 Å². The number of para-hydroxylation sites is 2. The highest BCUT2D eigenvalue weighted by Gasteiger charge is 2.40. The molecular weight excluding hydrogens is 362 g/mol. The minimum atomic E-state index is 0.0948. The number of fused-ring (bicyclic) bond motifs is 3. The van der Waals surface area contributed by atoms with Gasteiger partial charge in [0.25, 0.3) is 0 Å². The normalized spacial score (nSPS) is 24.1. The molecule has 2 aliphatic rings. The van der Waals surface area contributed by atoms with Gasteiger partial charge in [-0.1, -0.05) is 36.4 Å². The summed E-state index contributed by atoms with van der Waals surface area (Å²) >= 11 is 0. The maximum absolute atomic E-state index is 11.4. The van der Waals surface area contributed by atoms with Crippen molar-refractivity contribution < 1.29 is 9.21 Å². The molecule has 2 fully saturated rings. The molecule has 29 heavy (non-hydrogen) atoms. The van der Waals surface area contributed by atoms with Crippen molar-refractivity contribution in [3.63, 3.8) is 0 Å². The fraction of sp³-hybridized carbons (Fsp3) is 0.417. The summed E-state index contributed by atoms with van der Waals surface area (Å²) in [5.74, 6) is 0.856. The molecule has 0 radical (unpaired) electrons. The van der Waals surface area contributed by atoms with Gasteiger partial charge < -0.3 is 9.73 Å². The standard InChI is InChI=1S/C24H27N3O2/c1-16(28)25-19-13-20-10-11-21(14-19)27(20)15-18-8-6-17(7-9-18)12-24-26-22-4-2-3-5-23(22)29-24/h2-9,19-21H,10-15H2,1H3,(H,25,28)/t19-,20+,21-. The summed E-state index contributed by atoms with van der Waals surface area (Å²) in [4.78, 5) is 18.6. The van der Waals surface area contributed by atoms with Crippen LogP contribution in [0.4, 0.5) is 0 Å². The van der Waals surface area contributed by atoms with Crippen LogP contribution in [0.1, 0.15) is 49.6 Å². The number of nitrogens with one attached hydrogen (secondary N) is 1. The molecular formula is C24H27N3O2. The fourth-order valence-corrected chi connectivity index (χ4v) is 5.08. The highest BCUT2D eigenvalue weighted by atomic mass is 16.3. The smallest absolute Gasteiger partial charge is 0.217 e. The highest BCUT2D eigenvalue weighted by molar-refractivity contribution is 5.73. The number of rotatable bonds is 5. The summed E-state index contributed by atoms with van der Waals surface area (Å²) in [6.45, 7) is 2.61. The molecule has 2 aliphatic heterocycles. The number of amides is 1. The van der Waals surface area contributed by atoms with E-state index in [-0.39, 0.29) is 5.91 Å². The van der Waals surface area contributed by atoms with Crippen LogP contribution in [0.5, 0.6) is 0 Å². The Morgan fingerprint density at radius 2 is 1.76 bits per heavy atom. The number of carbonyl (C=O) groups is 1. The van der Waals surface area contributed by atoms with Gasteiger partial charge in [0.1, 0.15) is 5.52 Å². The molecule has 1 amide bonds. The number of benzene rings is 2. The molecule has 0 saturated carbocycles. The van der Waals surface area contributed by atoms with Gasteiger partial charge in [-0.3, -0.25) is 9.69 Å². The lowest BCUT2D eigenvalue weighted by Gasteiger charge is -2.39. The molecule has 1 aromatic heterocycles. The average Bonchev–Trinajstić information content (AvgIpc) is 3.20. The van der Waals surface area contributed by atoms with Gasteiger partial charge in [-0.15, -0.1) is 0 Å². The Kier molecular flexibility index (Phi) is 4.84. The van der Waals surface area contributed by atoms with Gasteiger partial charge in [0.05, 0.1) is 0 Å². The molecule has 3 heterocycles. The molecule has 2 saturated heterocycles. The van der Waals surface area contributed by atoms with Crippen molar-refractivity contribution in [2.45, 2.75) is 63.7 Å². The molecule has 0 spiro atoms. The second kappa shape index (κ2) is 7.64. The lowest BCUT2D eigenvalue weighted by molar-refractivity contribution is -0.120. The van der Waals surface area contributed by atoms with Crippen molar-refractivity contribution in [1.29, 1.82) is 0 Å². The van der Waals surface area contributed by atoms with Crippen molar-refractivity contribution in [3.8, 4) is 0 Å². The Labute approximate surface area is 171 Å². The van der Waals surface area contributed by atoms with Crippen LogP contribution < -0.4 is 5.32 Å². The van der Waals surface area contributed by atoms with E-state index < -0.39 is 0 Å². The number of oxazole rings is 1. The number of piperidine rings is 1. The molecule has 150 valence electrons. The van der Waals surface area contributed by atoms with Gasteiger partial charge in [0.15, 0.2) is 11.5 Å². The van der Waals surface area contributed by atoms with Crippen molar-refractivity contribution in [2.75, 3.05) is 0 Å². The third kappa shape index (κ3) is 3.92. The molecule has 1 N–H and O–H groups in total. The average molecular weight is 389 g/mol. The summed E-state index contributed by atoms with van der Waals surface area (Å²) in [6.07, 6.45) is 5.35. The molecule has 2 aromatic carbocycles. The van der Waals surface area contributed by atoms with E-state index in [9.17, 15) is 4.79 Å². The third-order valence-corrected chi connectivity index (χ3v) is 6.37. The van der Waals surface area contributed by atoms with Gasteiger partial charge in [-0.05, 0) is 48.9 Å². The Morgan fingerprint density at radius 1 is 1.07 bits per heavy atom. The van der Waals surface area contributed by atoms with Crippen LogP contribution in [0.3, 0.4) is 0 Å². The van der Waals surface area contributed by atoms with Gasteiger partial charge in [0.2, 0.25) is 5.91 Å². The van der Waals surface area contributed by atoms with Gasteiger partial charge >= 0.3 is 0 Å². The van der Waals surface area contributed by atoms with E-state index in [4.69, 9.17) is 4.42 Å². The molecule has 3 aromatic rings. The Morgan fingerprint density at radius 3 is 2.45 bits per heavy atom. The van der Waals surface area contributed by atoms with E-state index in [2.05, 4.69) is 39.5 Å². The maximum Gasteiger partial charge on any atom is 0.217 e. The van der Waals surface area contributed by atoms with Crippen LogP contribution in [0.2, 0.25) is 0 Å². The largest absolute Gasteiger partial charge is 0.440 e. The van der Waals surface area contributed by atoms with Crippen LogP contribution in [0.15, 0.2) is 52.9 Å². The molecule has 3 atom stereocenters. The lowest BCUT2D eigenvalue weighted by atomic mass is 9.96. The Hall–Kier alpha value is -2.66. The highest BCUT2D eigenvalue weighted by Crippen LogP contribution is 2.36. The molecule has 0 unspecified atom stereocenters. The van der Waals surface area contributed by atoms with Crippen LogP contribution in [-0.4, -0.2) is 33.9 Å². The topological polar surface area (TPSA) is 58.4 Å². The monoisotopic (exact) mass is 389 g/mol. The van der Waals surface area contributed by atoms with Crippen molar-refractivity contribution in [3.05, 3.63) is 65.5 Å². The number of hydrogen-bond donors (Lipinski definition) is 1. The molecule has 2 bridgehead atoms. The van der Waals surface area contributed by atoms with Gasteiger partial charge in [-0.25, -0.2) is 4.98 Å². The maximum atomic E-state index is 11.4. The lowest BCUT2D eigenvalue weighted by Crippen LogP contribution is -2.49. The van der Waals surface area contributed by atoms with Crippen LogP contribution in [-0.2, 0) is 17.8 Å². The number of hydrogen-bond acceptors (Lipinski definition) is 4. The number of aromatic nitrogens is 1. The fourth-order valence-electron chi connectivity index (χ4n) is 5.08. The predicted molar refractivity (Wildman–Crippen MR) is 112 cm³/mol. The second-order valence-electron chi connectivity index (χ2n) is 8.49. The van der Waals surface area contributed by atoms with E-state index in [1.807, 2.05) is 24.3 Å². The summed E-state index contributed by atoms with van der Waals surface area (Å²) in [5, 5.41) is 3.13. The quantitative estimate of drug-likeness (QED) is 0.715. The molecule has 0 aliphatic carbocycles.